The van der Waals surface area contributed by atoms with Crippen LogP contribution in [0, 0.1) is 34.5 Å². The van der Waals surface area contributed by atoms with E-state index in [1.54, 1.807) is 0 Å². The average Bonchev–Trinajstić information content (AvgIpc) is 2.73. The molecule has 3 fully saturated rings. The van der Waals surface area contributed by atoms with Gasteiger partial charge in [0.05, 0.1) is 0 Å². The molecule has 21 heavy (non-hydrogen) atoms. The summed E-state index contributed by atoms with van der Waals surface area (Å²) in [6, 6.07) is 0. The van der Waals surface area contributed by atoms with E-state index >= 15 is 0 Å². The Balaban J connectivity index is 1.75. The SMILES string of the molecule is C[C@]12CC=CC[C@@H]1CC[C@@H]1[C@@H]2C(=O)C[C@]2(C)C(=O)CC[C@@H]12. The monoisotopic (exact) mass is 286 g/mol. The fourth-order valence-electron chi connectivity index (χ4n) is 6.44. The maximum atomic E-state index is 13.0. The van der Waals surface area contributed by atoms with Crippen LogP contribution in [0.3, 0.4) is 0 Å². The number of allylic oxidation sites excluding steroid dienone is 2. The predicted octanol–water partition coefficient (Wildman–Crippen LogP) is 3.94. The van der Waals surface area contributed by atoms with Crippen LogP contribution in [0.25, 0.3) is 0 Å². The van der Waals surface area contributed by atoms with Crippen LogP contribution >= 0.6 is 0 Å². The highest BCUT2D eigenvalue weighted by molar-refractivity contribution is 5.95. The van der Waals surface area contributed by atoms with E-state index in [1.807, 2.05) is 0 Å². The molecule has 0 aromatic rings. The molecular formula is C19H26O2. The second-order valence-corrected chi connectivity index (χ2v) is 8.46. The Hall–Kier alpha value is -0.920. The molecule has 3 saturated carbocycles. The van der Waals surface area contributed by atoms with Gasteiger partial charge in [0.25, 0.3) is 0 Å². The second kappa shape index (κ2) is 4.30. The number of Topliss-reactive ketones (excluding diaryl/α,β-unsaturated/α-hetero) is 2. The third-order valence-corrected chi connectivity index (χ3v) is 7.61. The molecular weight excluding hydrogens is 260 g/mol. The molecule has 0 amide bonds. The van der Waals surface area contributed by atoms with Crippen molar-refractivity contribution < 1.29 is 9.59 Å². The van der Waals surface area contributed by atoms with Crippen molar-refractivity contribution in [3.63, 3.8) is 0 Å². The number of carbonyl (C=O) groups excluding carboxylic acids is 2. The molecule has 0 aromatic heterocycles. The number of fused-ring (bicyclic) bond motifs is 5. The molecule has 0 unspecified atom stereocenters. The standard InChI is InChI=1S/C19H26O2/c1-18-10-4-3-5-12(18)6-7-13-14-8-9-16(21)19(14,2)11-15(20)17(13)18/h3-4,12-14,17H,5-11H2,1-2H3/t12-,13+,14+,17-,18+,19+/m1/s1. The van der Waals surface area contributed by atoms with Crippen LogP contribution in [0.2, 0.25) is 0 Å². The van der Waals surface area contributed by atoms with Crippen LogP contribution in [0.15, 0.2) is 12.2 Å². The molecule has 0 aromatic carbocycles. The van der Waals surface area contributed by atoms with Gasteiger partial charge in [0.15, 0.2) is 0 Å². The predicted molar refractivity (Wildman–Crippen MR) is 81.6 cm³/mol. The average molecular weight is 286 g/mol. The van der Waals surface area contributed by atoms with Gasteiger partial charge in [-0.05, 0) is 55.3 Å². The lowest BCUT2D eigenvalue weighted by Crippen LogP contribution is -2.56. The zero-order valence-corrected chi connectivity index (χ0v) is 13.2. The smallest absolute Gasteiger partial charge is 0.139 e. The molecule has 0 heterocycles. The molecule has 4 aliphatic rings. The molecule has 114 valence electrons. The molecule has 0 radical (unpaired) electrons. The fraction of sp³-hybridized carbons (Fsp3) is 0.789. The number of hydrogen-bond donors (Lipinski definition) is 0. The van der Waals surface area contributed by atoms with Crippen molar-refractivity contribution in [3.05, 3.63) is 12.2 Å². The van der Waals surface area contributed by atoms with E-state index < -0.39 is 0 Å². The third kappa shape index (κ3) is 1.65. The van der Waals surface area contributed by atoms with Crippen LogP contribution < -0.4 is 0 Å². The summed E-state index contributed by atoms with van der Waals surface area (Å²) in [7, 11) is 0. The van der Waals surface area contributed by atoms with Gasteiger partial charge in [-0.3, -0.25) is 9.59 Å². The molecule has 2 nitrogen and oxygen atoms in total. The van der Waals surface area contributed by atoms with Gasteiger partial charge in [0, 0.05) is 24.2 Å². The Morgan fingerprint density at radius 3 is 2.71 bits per heavy atom. The zero-order chi connectivity index (χ0) is 14.8. The molecule has 4 aliphatic carbocycles. The minimum absolute atomic E-state index is 0.154. The lowest BCUT2D eigenvalue weighted by molar-refractivity contribution is -0.156. The van der Waals surface area contributed by atoms with E-state index in [4.69, 9.17) is 0 Å². The molecule has 0 aliphatic heterocycles. The summed E-state index contributed by atoms with van der Waals surface area (Å²) < 4.78 is 0. The number of rotatable bonds is 0. The van der Waals surface area contributed by atoms with Gasteiger partial charge in [-0.2, -0.15) is 0 Å². The zero-order valence-electron chi connectivity index (χ0n) is 13.2. The van der Waals surface area contributed by atoms with Gasteiger partial charge in [-0.1, -0.05) is 26.0 Å². The Morgan fingerprint density at radius 1 is 1.10 bits per heavy atom. The molecule has 2 heteroatoms. The second-order valence-electron chi connectivity index (χ2n) is 8.46. The number of hydrogen-bond acceptors (Lipinski definition) is 2. The van der Waals surface area contributed by atoms with Crippen LogP contribution in [0.1, 0.15) is 58.8 Å². The van der Waals surface area contributed by atoms with Crippen LogP contribution in [-0.4, -0.2) is 11.6 Å². The van der Waals surface area contributed by atoms with Crippen molar-refractivity contribution in [2.75, 3.05) is 0 Å². The first-order valence-corrected chi connectivity index (χ1v) is 8.68. The summed E-state index contributed by atoms with van der Waals surface area (Å²) in [6.07, 6.45) is 11.5. The Labute approximate surface area is 127 Å². The summed E-state index contributed by atoms with van der Waals surface area (Å²) in [6.45, 7) is 4.44. The summed E-state index contributed by atoms with van der Waals surface area (Å²) in [5, 5.41) is 0. The summed E-state index contributed by atoms with van der Waals surface area (Å²) in [5.74, 6) is 2.58. The first kappa shape index (κ1) is 13.7. The first-order chi connectivity index (χ1) is 9.97. The van der Waals surface area contributed by atoms with Gasteiger partial charge < -0.3 is 0 Å². The number of ketones is 2. The van der Waals surface area contributed by atoms with E-state index in [2.05, 4.69) is 26.0 Å². The lowest BCUT2D eigenvalue weighted by Gasteiger charge is -2.57. The highest BCUT2D eigenvalue weighted by Gasteiger charge is 2.62. The molecule has 0 spiro atoms. The van der Waals surface area contributed by atoms with Crippen molar-refractivity contribution in [1.82, 2.24) is 0 Å². The normalized spacial score (nSPS) is 52.3. The minimum atomic E-state index is -0.327. The quantitative estimate of drug-likeness (QED) is 0.632. The van der Waals surface area contributed by atoms with Crippen molar-refractivity contribution in [2.45, 2.75) is 58.8 Å². The van der Waals surface area contributed by atoms with Gasteiger partial charge >= 0.3 is 0 Å². The summed E-state index contributed by atoms with van der Waals surface area (Å²) >= 11 is 0. The maximum Gasteiger partial charge on any atom is 0.139 e. The molecule has 0 bridgehead atoms. The van der Waals surface area contributed by atoms with Crippen LogP contribution in [-0.2, 0) is 9.59 Å². The van der Waals surface area contributed by atoms with Gasteiger partial charge in [-0.15, -0.1) is 0 Å². The third-order valence-electron chi connectivity index (χ3n) is 7.61. The van der Waals surface area contributed by atoms with E-state index in [0.29, 0.717) is 42.2 Å². The fourth-order valence-corrected chi connectivity index (χ4v) is 6.44. The highest BCUT2D eigenvalue weighted by Crippen LogP contribution is 2.63. The molecule has 4 rings (SSSR count). The highest BCUT2D eigenvalue weighted by atomic mass is 16.1. The summed E-state index contributed by atoms with van der Waals surface area (Å²) in [5.41, 5.74) is -0.173. The molecule has 6 atom stereocenters. The minimum Gasteiger partial charge on any atom is -0.299 e. The van der Waals surface area contributed by atoms with E-state index in [0.717, 1.165) is 25.7 Å². The van der Waals surface area contributed by atoms with E-state index in [-0.39, 0.29) is 16.7 Å². The van der Waals surface area contributed by atoms with Gasteiger partial charge in [0.2, 0.25) is 0 Å². The molecule has 0 saturated heterocycles. The van der Waals surface area contributed by atoms with Crippen LogP contribution in [0.4, 0.5) is 0 Å². The summed E-state index contributed by atoms with van der Waals surface area (Å²) in [4.78, 5) is 25.4. The Bertz CT molecular complexity index is 534. The molecule has 0 N–H and O–H groups in total. The van der Waals surface area contributed by atoms with Gasteiger partial charge in [-0.25, -0.2) is 0 Å². The first-order valence-electron chi connectivity index (χ1n) is 8.68. The maximum absolute atomic E-state index is 13.0. The van der Waals surface area contributed by atoms with Gasteiger partial charge in [0.1, 0.15) is 11.6 Å². The Kier molecular flexibility index (Phi) is 2.81. The topological polar surface area (TPSA) is 34.1 Å². The van der Waals surface area contributed by atoms with E-state index in [1.165, 1.54) is 6.42 Å². The lowest BCUT2D eigenvalue weighted by atomic mass is 9.45. The largest absolute Gasteiger partial charge is 0.299 e. The van der Waals surface area contributed by atoms with E-state index in [9.17, 15) is 9.59 Å². The van der Waals surface area contributed by atoms with Crippen molar-refractivity contribution >= 4 is 11.6 Å². The number of carbonyl (C=O) groups is 2. The van der Waals surface area contributed by atoms with Crippen molar-refractivity contribution in [3.8, 4) is 0 Å². The Morgan fingerprint density at radius 2 is 1.90 bits per heavy atom. The van der Waals surface area contributed by atoms with Crippen molar-refractivity contribution in [2.24, 2.45) is 34.5 Å². The van der Waals surface area contributed by atoms with Crippen molar-refractivity contribution in [1.29, 1.82) is 0 Å². The van der Waals surface area contributed by atoms with Crippen LogP contribution in [0.5, 0.6) is 0 Å².